The van der Waals surface area contributed by atoms with Gasteiger partial charge in [-0.2, -0.15) is 0 Å². The van der Waals surface area contributed by atoms with Crippen LogP contribution in [0.4, 0.5) is 0 Å². The predicted octanol–water partition coefficient (Wildman–Crippen LogP) is 1.26. The van der Waals surface area contributed by atoms with Crippen LogP contribution in [-0.2, 0) is 34.1 Å². The number of fused-ring (bicyclic) bond motifs is 1. The number of nitrogens with zero attached hydrogens (tertiary/aromatic N) is 1. The number of hydrogen-bond acceptors (Lipinski definition) is 6. The molecule has 0 aromatic heterocycles. The summed E-state index contributed by atoms with van der Waals surface area (Å²) in [4.78, 5) is 49.9. The third kappa shape index (κ3) is 3.74. The molecule has 0 saturated carbocycles. The van der Waals surface area contributed by atoms with E-state index in [1.165, 1.54) is 0 Å². The lowest BCUT2D eigenvalue weighted by Crippen LogP contribution is -2.54. The van der Waals surface area contributed by atoms with Crippen molar-refractivity contribution < 1.29 is 23.9 Å². The van der Waals surface area contributed by atoms with Gasteiger partial charge in [-0.3, -0.25) is 29.4 Å². The van der Waals surface area contributed by atoms with Crippen LogP contribution in [0, 0.1) is 0 Å². The van der Waals surface area contributed by atoms with Crippen molar-refractivity contribution in [2.45, 2.75) is 38.6 Å². The van der Waals surface area contributed by atoms with Crippen molar-refractivity contribution in [1.82, 2.24) is 10.2 Å². The standard InChI is InChI=1S/C22H21N3O5/c23-10-13-1-3-14(4-2-13)11-30-12-15-5-6-16-17(9-15)22(29)25(21(16)28)18-7-8-19(26)24-20(18)27/h1-6,9,18H,7-8,10-12,23H2,(H,24,26,27). The molecule has 2 heterocycles. The summed E-state index contributed by atoms with van der Waals surface area (Å²) in [5.74, 6) is -2.06. The zero-order chi connectivity index (χ0) is 21.3. The van der Waals surface area contributed by atoms with E-state index in [2.05, 4.69) is 5.32 Å². The van der Waals surface area contributed by atoms with Crippen molar-refractivity contribution in [1.29, 1.82) is 0 Å². The first kappa shape index (κ1) is 19.9. The van der Waals surface area contributed by atoms with E-state index in [1.807, 2.05) is 24.3 Å². The van der Waals surface area contributed by atoms with Gasteiger partial charge in [0.25, 0.3) is 11.8 Å². The molecular formula is C22H21N3O5. The summed E-state index contributed by atoms with van der Waals surface area (Å²) in [6.45, 7) is 1.15. The Labute approximate surface area is 173 Å². The number of amides is 4. The van der Waals surface area contributed by atoms with Crippen molar-refractivity contribution in [3.05, 3.63) is 70.3 Å². The van der Waals surface area contributed by atoms with Crippen molar-refractivity contribution >= 4 is 23.6 Å². The number of nitrogens with one attached hydrogen (secondary N) is 1. The van der Waals surface area contributed by atoms with Gasteiger partial charge in [0.05, 0.1) is 24.3 Å². The first-order valence-electron chi connectivity index (χ1n) is 9.68. The summed E-state index contributed by atoms with van der Waals surface area (Å²) in [5, 5.41) is 2.19. The second-order valence-electron chi connectivity index (χ2n) is 7.34. The Morgan fingerprint density at radius 2 is 1.53 bits per heavy atom. The van der Waals surface area contributed by atoms with Gasteiger partial charge in [0, 0.05) is 13.0 Å². The Kier molecular flexibility index (Phi) is 5.43. The van der Waals surface area contributed by atoms with Crippen LogP contribution in [0.3, 0.4) is 0 Å². The molecule has 1 unspecified atom stereocenters. The minimum Gasteiger partial charge on any atom is -0.372 e. The topological polar surface area (TPSA) is 119 Å². The summed E-state index contributed by atoms with van der Waals surface area (Å²) >= 11 is 0. The van der Waals surface area contributed by atoms with Crippen LogP contribution in [0.1, 0.15) is 50.2 Å². The molecule has 2 aliphatic rings. The molecule has 8 heteroatoms. The summed E-state index contributed by atoms with van der Waals surface area (Å²) < 4.78 is 5.73. The van der Waals surface area contributed by atoms with E-state index in [4.69, 9.17) is 10.5 Å². The van der Waals surface area contributed by atoms with Crippen LogP contribution in [0.2, 0.25) is 0 Å². The van der Waals surface area contributed by atoms with Gasteiger partial charge < -0.3 is 10.5 Å². The normalized spacial score (nSPS) is 18.6. The Hall–Kier alpha value is -3.36. The van der Waals surface area contributed by atoms with Crippen molar-refractivity contribution in [2.75, 3.05) is 0 Å². The number of carbonyl (C=O) groups is 4. The van der Waals surface area contributed by atoms with Gasteiger partial charge in [0.15, 0.2) is 0 Å². The maximum absolute atomic E-state index is 12.8. The van der Waals surface area contributed by atoms with Crippen LogP contribution in [-0.4, -0.2) is 34.6 Å². The Morgan fingerprint density at radius 3 is 2.23 bits per heavy atom. The van der Waals surface area contributed by atoms with E-state index in [0.29, 0.717) is 13.2 Å². The Morgan fingerprint density at radius 1 is 0.900 bits per heavy atom. The van der Waals surface area contributed by atoms with E-state index < -0.39 is 29.7 Å². The van der Waals surface area contributed by atoms with E-state index in [9.17, 15) is 19.2 Å². The minimum absolute atomic E-state index is 0.0924. The molecule has 1 fully saturated rings. The van der Waals surface area contributed by atoms with E-state index in [-0.39, 0.29) is 30.6 Å². The van der Waals surface area contributed by atoms with E-state index in [1.54, 1.807) is 18.2 Å². The molecule has 1 atom stereocenters. The van der Waals surface area contributed by atoms with Gasteiger partial charge in [-0.1, -0.05) is 30.3 Å². The number of piperidine rings is 1. The van der Waals surface area contributed by atoms with Gasteiger partial charge in [-0.05, 0) is 35.2 Å². The van der Waals surface area contributed by atoms with Gasteiger partial charge in [-0.25, -0.2) is 0 Å². The van der Waals surface area contributed by atoms with Crippen LogP contribution >= 0.6 is 0 Å². The van der Waals surface area contributed by atoms with Gasteiger partial charge >= 0.3 is 0 Å². The molecule has 4 amide bonds. The summed E-state index contributed by atoms with van der Waals surface area (Å²) in [5.41, 5.74) is 8.89. The molecule has 8 nitrogen and oxygen atoms in total. The van der Waals surface area contributed by atoms with Gasteiger partial charge in [-0.15, -0.1) is 0 Å². The van der Waals surface area contributed by atoms with Gasteiger partial charge in [0.1, 0.15) is 6.04 Å². The number of carbonyl (C=O) groups excluding carboxylic acids is 4. The minimum atomic E-state index is -0.966. The quantitative estimate of drug-likeness (QED) is 0.696. The molecule has 3 N–H and O–H groups in total. The smallest absolute Gasteiger partial charge is 0.262 e. The van der Waals surface area contributed by atoms with Crippen LogP contribution < -0.4 is 11.1 Å². The number of rotatable bonds is 6. The SMILES string of the molecule is NCc1ccc(COCc2ccc3c(c2)C(=O)N(C2CCC(=O)NC2=O)C3=O)cc1. The lowest BCUT2D eigenvalue weighted by molar-refractivity contribution is -0.136. The molecule has 4 rings (SSSR count). The molecule has 2 aromatic rings. The highest BCUT2D eigenvalue weighted by molar-refractivity contribution is 6.23. The first-order chi connectivity index (χ1) is 14.5. The lowest BCUT2D eigenvalue weighted by atomic mass is 10.0. The molecule has 30 heavy (non-hydrogen) atoms. The zero-order valence-electron chi connectivity index (χ0n) is 16.2. The van der Waals surface area contributed by atoms with Crippen molar-refractivity contribution in [3.63, 3.8) is 0 Å². The highest BCUT2D eigenvalue weighted by Gasteiger charge is 2.44. The largest absolute Gasteiger partial charge is 0.372 e. The second-order valence-corrected chi connectivity index (χ2v) is 7.34. The van der Waals surface area contributed by atoms with Crippen LogP contribution in [0.15, 0.2) is 42.5 Å². The van der Waals surface area contributed by atoms with Crippen LogP contribution in [0.25, 0.3) is 0 Å². The molecular weight excluding hydrogens is 386 g/mol. The maximum atomic E-state index is 12.8. The molecule has 2 aromatic carbocycles. The molecule has 1 saturated heterocycles. The monoisotopic (exact) mass is 407 g/mol. The third-order valence-electron chi connectivity index (χ3n) is 5.30. The predicted molar refractivity (Wildman–Crippen MR) is 106 cm³/mol. The third-order valence-corrected chi connectivity index (χ3v) is 5.30. The number of hydrogen-bond donors (Lipinski definition) is 2. The van der Waals surface area contributed by atoms with E-state index in [0.717, 1.165) is 21.6 Å². The average Bonchev–Trinajstić information content (AvgIpc) is 2.99. The molecule has 154 valence electrons. The highest BCUT2D eigenvalue weighted by Crippen LogP contribution is 2.28. The second kappa shape index (κ2) is 8.17. The highest BCUT2D eigenvalue weighted by atomic mass is 16.5. The zero-order valence-corrected chi connectivity index (χ0v) is 16.2. The van der Waals surface area contributed by atoms with E-state index >= 15 is 0 Å². The summed E-state index contributed by atoms with van der Waals surface area (Å²) in [6, 6.07) is 11.8. The molecule has 0 bridgehead atoms. The summed E-state index contributed by atoms with van der Waals surface area (Å²) in [6.07, 6.45) is 0.226. The molecule has 2 aliphatic heterocycles. The number of nitrogens with two attached hydrogens (primary N) is 1. The fraction of sp³-hybridized carbons (Fsp3) is 0.273. The lowest BCUT2D eigenvalue weighted by Gasteiger charge is -2.27. The first-order valence-corrected chi connectivity index (χ1v) is 9.68. The summed E-state index contributed by atoms with van der Waals surface area (Å²) in [7, 11) is 0. The molecule has 0 spiro atoms. The molecule has 0 radical (unpaired) electrons. The number of ether oxygens (including phenoxy) is 1. The fourth-order valence-corrected chi connectivity index (χ4v) is 3.67. The Bertz CT molecular complexity index is 1030. The van der Waals surface area contributed by atoms with Crippen LogP contribution in [0.5, 0.6) is 0 Å². The molecule has 0 aliphatic carbocycles. The maximum Gasteiger partial charge on any atom is 0.262 e. The van der Waals surface area contributed by atoms with Crippen molar-refractivity contribution in [2.24, 2.45) is 5.73 Å². The number of benzene rings is 2. The van der Waals surface area contributed by atoms with Gasteiger partial charge in [0.2, 0.25) is 11.8 Å². The average molecular weight is 407 g/mol. The van der Waals surface area contributed by atoms with Crippen molar-refractivity contribution in [3.8, 4) is 0 Å². The fourth-order valence-electron chi connectivity index (χ4n) is 3.67. The Balaban J connectivity index is 1.43. The number of imide groups is 2.